The average Bonchev–Trinajstić information content (AvgIpc) is 3.05. The molecule has 2 aromatic carbocycles. The van der Waals surface area contributed by atoms with Crippen molar-refractivity contribution in [3.63, 3.8) is 0 Å². The van der Waals surface area contributed by atoms with E-state index in [1.807, 2.05) is 31.3 Å². The summed E-state index contributed by atoms with van der Waals surface area (Å²) in [4.78, 5) is 4.53. The van der Waals surface area contributed by atoms with Crippen molar-refractivity contribution in [1.82, 2.24) is 9.55 Å². The van der Waals surface area contributed by atoms with Crippen molar-refractivity contribution in [2.75, 3.05) is 12.4 Å². The number of terminal acetylenes is 1. The second-order valence-electron chi connectivity index (χ2n) is 5.69. The molecule has 0 bridgehead atoms. The van der Waals surface area contributed by atoms with E-state index < -0.39 is 11.7 Å². The number of alkyl halides is 3. The third kappa shape index (κ3) is 3.57. The van der Waals surface area contributed by atoms with Gasteiger partial charge in [-0.05, 0) is 24.3 Å². The van der Waals surface area contributed by atoms with E-state index in [0.29, 0.717) is 17.1 Å². The lowest BCUT2D eigenvalue weighted by Crippen LogP contribution is -2.05. The number of anilines is 1. The summed E-state index contributed by atoms with van der Waals surface area (Å²) in [7, 11) is 1.82. The summed E-state index contributed by atoms with van der Waals surface area (Å²) in [5.74, 6) is 2.92. The van der Waals surface area contributed by atoms with Gasteiger partial charge in [0.2, 0.25) is 0 Å². The number of imidazole rings is 1. The molecule has 3 nitrogen and oxygen atoms in total. The lowest BCUT2D eigenvalue weighted by atomic mass is 10.1. The molecular weight excluding hydrogens is 339 g/mol. The van der Waals surface area contributed by atoms with E-state index in [2.05, 4.69) is 16.2 Å². The minimum atomic E-state index is -4.41. The molecule has 0 spiro atoms. The molecule has 0 radical (unpaired) electrons. The predicted octanol–water partition coefficient (Wildman–Crippen LogP) is 4.91. The van der Waals surface area contributed by atoms with Crippen molar-refractivity contribution in [1.29, 1.82) is 0 Å². The van der Waals surface area contributed by atoms with E-state index in [-0.39, 0.29) is 6.54 Å². The van der Waals surface area contributed by atoms with Crippen LogP contribution in [0, 0.1) is 12.3 Å². The van der Waals surface area contributed by atoms with E-state index >= 15 is 0 Å². The first-order chi connectivity index (χ1) is 12.4. The molecule has 0 saturated heterocycles. The number of hydrogen-bond donors (Lipinski definition) is 1. The van der Waals surface area contributed by atoms with Gasteiger partial charge in [-0.25, -0.2) is 4.98 Å². The minimum Gasteiger partial charge on any atom is -0.388 e. The molecule has 0 fully saturated rings. The molecule has 3 rings (SSSR count). The quantitative estimate of drug-likeness (QED) is 0.674. The van der Waals surface area contributed by atoms with Gasteiger partial charge in [0.1, 0.15) is 5.82 Å². The monoisotopic (exact) mass is 355 g/mol. The van der Waals surface area contributed by atoms with Crippen LogP contribution in [0.4, 0.5) is 18.9 Å². The van der Waals surface area contributed by atoms with Gasteiger partial charge in [0.25, 0.3) is 0 Å². The Bertz CT molecular complexity index is 948. The van der Waals surface area contributed by atoms with Gasteiger partial charge in [0.15, 0.2) is 0 Å². The van der Waals surface area contributed by atoms with Crippen molar-refractivity contribution < 1.29 is 13.2 Å². The highest BCUT2D eigenvalue weighted by atomic mass is 19.4. The van der Waals surface area contributed by atoms with Crippen LogP contribution in [0.15, 0.2) is 54.7 Å². The Morgan fingerprint density at radius 1 is 1.12 bits per heavy atom. The van der Waals surface area contributed by atoms with Gasteiger partial charge in [-0.3, -0.25) is 0 Å². The van der Waals surface area contributed by atoms with Gasteiger partial charge in [-0.15, -0.1) is 6.42 Å². The standard InChI is InChI=1S/C20H16F3N3/c1-3-11-26-13-18(14-7-9-17(24-2)10-8-14)25-19(26)15-5-4-6-16(12-15)20(21,22)23/h1,4-10,12-13,24H,11H2,2H3. The van der Waals surface area contributed by atoms with Crippen molar-refractivity contribution in [3.05, 3.63) is 60.3 Å². The Hall–Kier alpha value is -3.20. The van der Waals surface area contributed by atoms with Crippen LogP contribution in [-0.2, 0) is 12.7 Å². The number of nitrogens with zero attached hydrogens (tertiary/aromatic N) is 2. The molecule has 1 N–H and O–H groups in total. The molecule has 0 aliphatic rings. The first-order valence-corrected chi connectivity index (χ1v) is 7.89. The number of benzene rings is 2. The van der Waals surface area contributed by atoms with Crippen LogP contribution in [0.2, 0.25) is 0 Å². The SMILES string of the molecule is C#CCn1cc(-c2ccc(NC)cc2)nc1-c1cccc(C(F)(F)F)c1. The third-order valence-electron chi connectivity index (χ3n) is 3.96. The van der Waals surface area contributed by atoms with Gasteiger partial charge in [0.05, 0.1) is 17.8 Å². The van der Waals surface area contributed by atoms with E-state index in [9.17, 15) is 13.2 Å². The second-order valence-corrected chi connectivity index (χ2v) is 5.69. The smallest absolute Gasteiger partial charge is 0.388 e. The topological polar surface area (TPSA) is 29.9 Å². The zero-order chi connectivity index (χ0) is 18.7. The molecule has 6 heteroatoms. The number of aromatic nitrogens is 2. The lowest BCUT2D eigenvalue weighted by molar-refractivity contribution is -0.137. The second kappa shape index (κ2) is 6.96. The summed E-state index contributed by atoms with van der Waals surface area (Å²) in [6.45, 7) is 0.215. The molecule has 3 aromatic rings. The zero-order valence-electron chi connectivity index (χ0n) is 14.0. The summed E-state index contributed by atoms with van der Waals surface area (Å²) in [6, 6.07) is 12.7. The molecular formula is C20H16F3N3. The van der Waals surface area contributed by atoms with Crippen LogP contribution in [0.3, 0.4) is 0 Å². The third-order valence-corrected chi connectivity index (χ3v) is 3.96. The molecule has 0 unspecified atom stereocenters. The summed E-state index contributed by atoms with van der Waals surface area (Å²) >= 11 is 0. The first kappa shape index (κ1) is 17.6. The lowest BCUT2D eigenvalue weighted by Gasteiger charge is -2.09. The number of halogens is 3. The Morgan fingerprint density at radius 2 is 1.85 bits per heavy atom. The Labute approximate surface area is 149 Å². The summed E-state index contributed by atoms with van der Waals surface area (Å²) in [5, 5.41) is 3.03. The highest BCUT2D eigenvalue weighted by molar-refractivity contribution is 5.67. The van der Waals surface area contributed by atoms with E-state index in [4.69, 9.17) is 6.42 Å². The van der Waals surface area contributed by atoms with Crippen LogP contribution in [-0.4, -0.2) is 16.6 Å². The summed E-state index contributed by atoms with van der Waals surface area (Å²) < 4.78 is 40.7. The Kier molecular flexibility index (Phi) is 4.72. The van der Waals surface area contributed by atoms with Gasteiger partial charge < -0.3 is 9.88 Å². The van der Waals surface area contributed by atoms with Crippen LogP contribution in [0.5, 0.6) is 0 Å². The average molecular weight is 355 g/mol. The highest BCUT2D eigenvalue weighted by Crippen LogP contribution is 2.33. The predicted molar refractivity (Wildman–Crippen MR) is 96.5 cm³/mol. The van der Waals surface area contributed by atoms with Gasteiger partial charge in [-0.1, -0.05) is 30.2 Å². The molecule has 1 heterocycles. The van der Waals surface area contributed by atoms with Crippen molar-refractivity contribution in [2.45, 2.75) is 12.7 Å². The summed E-state index contributed by atoms with van der Waals surface area (Å²) in [5.41, 5.74) is 2.11. The molecule has 0 aliphatic carbocycles. The molecule has 0 aliphatic heterocycles. The number of rotatable bonds is 4. The molecule has 0 atom stereocenters. The number of nitrogens with one attached hydrogen (secondary N) is 1. The highest BCUT2D eigenvalue weighted by Gasteiger charge is 2.30. The fraction of sp³-hybridized carbons (Fsp3) is 0.150. The zero-order valence-corrected chi connectivity index (χ0v) is 14.0. The fourth-order valence-corrected chi connectivity index (χ4v) is 2.65. The maximum Gasteiger partial charge on any atom is 0.416 e. The largest absolute Gasteiger partial charge is 0.416 e. The van der Waals surface area contributed by atoms with E-state index in [1.54, 1.807) is 16.8 Å². The van der Waals surface area contributed by atoms with Crippen LogP contribution in [0.25, 0.3) is 22.6 Å². The van der Waals surface area contributed by atoms with Gasteiger partial charge in [0, 0.05) is 30.1 Å². The van der Waals surface area contributed by atoms with E-state index in [0.717, 1.165) is 23.4 Å². The molecule has 26 heavy (non-hydrogen) atoms. The molecule has 132 valence electrons. The minimum absolute atomic E-state index is 0.215. The van der Waals surface area contributed by atoms with Crippen molar-refractivity contribution in [2.24, 2.45) is 0 Å². The Balaban J connectivity index is 2.07. The first-order valence-electron chi connectivity index (χ1n) is 7.89. The molecule has 0 saturated carbocycles. The maximum atomic E-state index is 13.0. The van der Waals surface area contributed by atoms with Crippen LogP contribution >= 0.6 is 0 Å². The van der Waals surface area contributed by atoms with Crippen molar-refractivity contribution >= 4 is 5.69 Å². The van der Waals surface area contributed by atoms with Crippen molar-refractivity contribution in [3.8, 4) is 35.0 Å². The number of hydrogen-bond acceptors (Lipinski definition) is 2. The van der Waals surface area contributed by atoms with Crippen LogP contribution in [0.1, 0.15) is 5.56 Å². The molecule has 1 aromatic heterocycles. The molecule has 0 amide bonds. The van der Waals surface area contributed by atoms with Crippen LogP contribution < -0.4 is 5.32 Å². The fourth-order valence-electron chi connectivity index (χ4n) is 2.65. The van der Waals surface area contributed by atoms with E-state index in [1.165, 1.54) is 6.07 Å². The van der Waals surface area contributed by atoms with Gasteiger partial charge >= 0.3 is 6.18 Å². The Morgan fingerprint density at radius 3 is 2.46 bits per heavy atom. The summed E-state index contributed by atoms with van der Waals surface area (Å²) in [6.07, 6.45) is 2.75. The maximum absolute atomic E-state index is 13.0. The van der Waals surface area contributed by atoms with Gasteiger partial charge in [-0.2, -0.15) is 13.2 Å². The normalized spacial score (nSPS) is 11.2.